The quantitative estimate of drug-likeness (QED) is 0.866. The minimum atomic E-state index is -4.12. The van der Waals surface area contributed by atoms with E-state index in [4.69, 9.17) is 0 Å². The van der Waals surface area contributed by atoms with Gasteiger partial charge in [0.25, 0.3) is 0 Å². The molecule has 1 N–H and O–H groups in total. The van der Waals surface area contributed by atoms with Gasteiger partial charge >= 0.3 is 6.18 Å². The molecule has 25 heavy (non-hydrogen) atoms. The van der Waals surface area contributed by atoms with Crippen LogP contribution in [0, 0.1) is 25.7 Å². The highest BCUT2D eigenvalue weighted by Gasteiger charge is 2.41. The van der Waals surface area contributed by atoms with Crippen molar-refractivity contribution in [1.29, 1.82) is 0 Å². The van der Waals surface area contributed by atoms with Crippen molar-refractivity contribution in [2.75, 3.05) is 0 Å². The number of amides is 1. The molecule has 0 aromatic carbocycles. The van der Waals surface area contributed by atoms with E-state index in [1.165, 1.54) is 0 Å². The molecule has 1 aromatic heterocycles. The van der Waals surface area contributed by atoms with Gasteiger partial charge in [0.05, 0.1) is 18.0 Å². The third-order valence-corrected chi connectivity index (χ3v) is 4.96. The van der Waals surface area contributed by atoms with Crippen molar-refractivity contribution < 1.29 is 18.0 Å². The molecule has 0 spiro atoms. The maximum absolute atomic E-state index is 12.7. The highest BCUT2D eigenvalue weighted by molar-refractivity contribution is 5.79. The Morgan fingerprint density at radius 1 is 1.24 bits per heavy atom. The van der Waals surface area contributed by atoms with Crippen molar-refractivity contribution in [3.05, 3.63) is 17.0 Å². The lowest BCUT2D eigenvalue weighted by Gasteiger charge is -2.30. The van der Waals surface area contributed by atoms with Gasteiger partial charge in [-0.1, -0.05) is 13.8 Å². The molecule has 2 rings (SSSR count). The highest BCUT2D eigenvalue weighted by Crippen LogP contribution is 2.37. The van der Waals surface area contributed by atoms with Gasteiger partial charge in [0.2, 0.25) is 5.91 Å². The molecule has 4 nitrogen and oxygen atoms in total. The third kappa shape index (κ3) is 5.22. The van der Waals surface area contributed by atoms with E-state index >= 15 is 0 Å². The summed E-state index contributed by atoms with van der Waals surface area (Å²) in [6, 6.07) is -0.155. The minimum absolute atomic E-state index is 0.0961. The summed E-state index contributed by atoms with van der Waals surface area (Å²) in [5.74, 6) is -0.895. The summed E-state index contributed by atoms with van der Waals surface area (Å²) in [4.78, 5) is 12.3. The van der Waals surface area contributed by atoms with Gasteiger partial charge in [-0.3, -0.25) is 9.48 Å². The molecule has 1 saturated carbocycles. The van der Waals surface area contributed by atoms with Crippen molar-refractivity contribution in [3.63, 3.8) is 0 Å². The fourth-order valence-corrected chi connectivity index (χ4v) is 3.52. The Morgan fingerprint density at radius 3 is 2.36 bits per heavy atom. The lowest BCUT2D eigenvalue weighted by Crippen LogP contribution is -2.40. The first-order valence-corrected chi connectivity index (χ1v) is 8.96. The van der Waals surface area contributed by atoms with E-state index in [2.05, 4.69) is 24.3 Å². The first kappa shape index (κ1) is 19.8. The van der Waals surface area contributed by atoms with Gasteiger partial charge in [-0.25, -0.2) is 0 Å². The van der Waals surface area contributed by atoms with Crippen molar-refractivity contribution >= 4 is 5.91 Å². The number of aryl methyl sites for hydroxylation is 1. The average molecular weight is 359 g/mol. The van der Waals surface area contributed by atoms with Crippen LogP contribution in [0.4, 0.5) is 13.2 Å². The van der Waals surface area contributed by atoms with Gasteiger partial charge in [0.1, 0.15) is 0 Å². The number of hydrogen-bond acceptors (Lipinski definition) is 2. The Labute approximate surface area is 147 Å². The van der Waals surface area contributed by atoms with Gasteiger partial charge < -0.3 is 5.32 Å². The molecule has 1 aliphatic rings. The summed E-state index contributed by atoms with van der Waals surface area (Å²) in [6.07, 6.45) is -2.91. The number of halogens is 3. The standard InChI is InChI=1S/C18H28F3N3O/c1-11(2)10-24-13(4)16(12(3)23-24)9-17(25)22-15-7-5-14(6-8-15)18(19,20)21/h11,14-15H,5-10H2,1-4H3,(H,22,25). The summed E-state index contributed by atoms with van der Waals surface area (Å²) in [5, 5.41) is 7.40. The lowest BCUT2D eigenvalue weighted by atomic mass is 9.85. The predicted octanol–water partition coefficient (Wildman–Crippen LogP) is 3.94. The van der Waals surface area contributed by atoms with Crippen LogP contribution >= 0.6 is 0 Å². The fourth-order valence-electron chi connectivity index (χ4n) is 3.52. The molecule has 1 aliphatic carbocycles. The second-order valence-electron chi connectivity index (χ2n) is 7.56. The maximum Gasteiger partial charge on any atom is 0.391 e. The molecule has 0 saturated heterocycles. The average Bonchev–Trinajstić information content (AvgIpc) is 2.74. The molecule has 0 radical (unpaired) electrons. The van der Waals surface area contributed by atoms with Gasteiger partial charge in [-0.2, -0.15) is 18.3 Å². The number of rotatable bonds is 5. The van der Waals surface area contributed by atoms with Crippen molar-refractivity contribution in [2.45, 2.75) is 78.6 Å². The van der Waals surface area contributed by atoms with Gasteiger partial charge in [0.15, 0.2) is 0 Å². The zero-order chi connectivity index (χ0) is 18.8. The Kier molecular flexibility index (Phi) is 6.16. The first-order valence-electron chi connectivity index (χ1n) is 8.96. The summed E-state index contributed by atoms with van der Waals surface area (Å²) in [5.41, 5.74) is 2.75. The number of carbonyl (C=O) groups excluding carboxylic acids is 1. The van der Waals surface area contributed by atoms with Crippen LogP contribution in [0.25, 0.3) is 0 Å². The van der Waals surface area contributed by atoms with E-state index < -0.39 is 12.1 Å². The van der Waals surface area contributed by atoms with E-state index in [1.807, 2.05) is 18.5 Å². The van der Waals surface area contributed by atoms with Crippen LogP contribution in [0.1, 0.15) is 56.5 Å². The number of carbonyl (C=O) groups is 1. The molecule has 1 fully saturated rings. The number of nitrogens with zero attached hydrogens (tertiary/aromatic N) is 2. The van der Waals surface area contributed by atoms with E-state index in [0.29, 0.717) is 18.8 Å². The van der Waals surface area contributed by atoms with Crippen molar-refractivity contribution in [2.24, 2.45) is 11.8 Å². The number of nitrogens with one attached hydrogen (secondary N) is 1. The molecular formula is C18H28F3N3O. The van der Waals surface area contributed by atoms with E-state index in [0.717, 1.165) is 23.5 Å². The van der Waals surface area contributed by atoms with Crippen molar-refractivity contribution in [3.8, 4) is 0 Å². The number of aromatic nitrogens is 2. The highest BCUT2D eigenvalue weighted by atomic mass is 19.4. The van der Waals surface area contributed by atoms with Crippen LogP contribution in [0.5, 0.6) is 0 Å². The van der Waals surface area contributed by atoms with Crippen LogP contribution in [0.3, 0.4) is 0 Å². The molecule has 0 unspecified atom stereocenters. The first-order chi connectivity index (χ1) is 11.6. The minimum Gasteiger partial charge on any atom is -0.353 e. The van der Waals surface area contributed by atoms with Gasteiger partial charge in [0, 0.05) is 23.8 Å². The SMILES string of the molecule is Cc1nn(CC(C)C)c(C)c1CC(=O)NC1CCC(C(F)(F)F)CC1. The van der Waals surface area contributed by atoms with Crippen LogP contribution in [0.2, 0.25) is 0 Å². The summed E-state index contributed by atoms with van der Waals surface area (Å²) < 4.78 is 40.0. The second-order valence-corrected chi connectivity index (χ2v) is 7.56. The third-order valence-electron chi connectivity index (χ3n) is 4.96. The van der Waals surface area contributed by atoms with Crippen LogP contribution < -0.4 is 5.32 Å². The second kappa shape index (κ2) is 7.79. The van der Waals surface area contributed by atoms with E-state index in [1.54, 1.807) is 0 Å². The van der Waals surface area contributed by atoms with Crippen LogP contribution in [-0.4, -0.2) is 27.9 Å². The van der Waals surface area contributed by atoms with E-state index in [-0.39, 0.29) is 31.2 Å². The number of alkyl halides is 3. The summed E-state index contributed by atoms with van der Waals surface area (Å²) in [6.45, 7) is 8.87. The molecule has 0 atom stereocenters. The molecule has 1 amide bonds. The topological polar surface area (TPSA) is 46.9 Å². The fraction of sp³-hybridized carbons (Fsp3) is 0.778. The smallest absolute Gasteiger partial charge is 0.353 e. The lowest BCUT2D eigenvalue weighted by molar-refractivity contribution is -0.182. The Balaban J connectivity index is 1.90. The van der Waals surface area contributed by atoms with Crippen LogP contribution in [-0.2, 0) is 17.8 Å². The number of hydrogen-bond donors (Lipinski definition) is 1. The Bertz CT molecular complexity index is 599. The Morgan fingerprint density at radius 2 is 1.84 bits per heavy atom. The summed E-state index contributed by atoms with van der Waals surface area (Å²) in [7, 11) is 0. The summed E-state index contributed by atoms with van der Waals surface area (Å²) >= 11 is 0. The Hall–Kier alpha value is -1.53. The molecule has 7 heteroatoms. The molecular weight excluding hydrogens is 331 g/mol. The molecule has 142 valence electrons. The van der Waals surface area contributed by atoms with Gasteiger partial charge in [-0.15, -0.1) is 0 Å². The van der Waals surface area contributed by atoms with E-state index in [9.17, 15) is 18.0 Å². The molecule has 0 bridgehead atoms. The van der Waals surface area contributed by atoms with Gasteiger partial charge in [-0.05, 0) is 45.4 Å². The maximum atomic E-state index is 12.7. The zero-order valence-electron chi connectivity index (χ0n) is 15.4. The zero-order valence-corrected chi connectivity index (χ0v) is 15.4. The molecule has 0 aliphatic heterocycles. The van der Waals surface area contributed by atoms with Crippen molar-refractivity contribution in [1.82, 2.24) is 15.1 Å². The monoisotopic (exact) mass is 359 g/mol. The normalized spacial score (nSPS) is 21.6. The molecule has 1 heterocycles. The largest absolute Gasteiger partial charge is 0.391 e. The predicted molar refractivity (Wildman–Crippen MR) is 90.2 cm³/mol. The van der Waals surface area contributed by atoms with Crippen LogP contribution in [0.15, 0.2) is 0 Å². The molecule has 1 aromatic rings.